The van der Waals surface area contributed by atoms with Crippen LogP contribution in [0.15, 0.2) is 18.3 Å². The van der Waals surface area contributed by atoms with Crippen molar-refractivity contribution in [3.05, 3.63) is 18.3 Å². The summed E-state index contributed by atoms with van der Waals surface area (Å²) >= 11 is 0. The number of aromatic nitrogens is 2. The molecule has 0 aliphatic carbocycles. The third-order valence-corrected chi connectivity index (χ3v) is 3.28. The standard InChI is InChI=1S/C16H20N4O6/c1-22-11-6-9(7-12(23-2)13(11)24-3)18-15(21)19-10-8-17-16(26-5)20-14(10)25-4/h6-8H,1-5H3,(H2,18,19,21). The number of nitrogens with one attached hydrogen (secondary N) is 2. The summed E-state index contributed by atoms with van der Waals surface area (Å²) in [5, 5.41) is 5.26. The predicted octanol–water partition coefficient (Wildman–Crippen LogP) is 2.16. The van der Waals surface area contributed by atoms with Gasteiger partial charge in [0.2, 0.25) is 11.6 Å². The number of hydrogen-bond acceptors (Lipinski definition) is 8. The first-order chi connectivity index (χ1) is 12.6. The van der Waals surface area contributed by atoms with Gasteiger partial charge < -0.3 is 34.3 Å². The largest absolute Gasteiger partial charge is 0.493 e. The Morgan fingerprint density at radius 1 is 0.885 bits per heavy atom. The summed E-state index contributed by atoms with van der Waals surface area (Å²) in [5.41, 5.74) is 0.712. The normalized spacial score (nSPS) is 9.88. The molecule has 0 unspecified atom stereocenters. The molecule has 0 fully saturated rings. The second-order valence-corrected chi connectivity index (χ2v) is 4.77. The van der Waals surface area contributed by atoms with Crippen LogP contribution in [0.2, 0.25) is 0 Å². The van der Waals surface area contributed by atoms with Gasteiger partial charge in [0.15, 0.2) is 11.5 Å². The fourth-order valence-electron chi connectivity index (χ4n) is 2.13. The van der Waals surface area contributed by atoms with Crippen molar-refractivity contribution in [2.24, 2.45) is 0 Å². The number of rotatable bonds is 7. The van der Waals surface area contributed by atoms with Crippen molar-refractivity contribution in [3.8, 4) is 29.1 Å². The Hall–Kier alpha value is -3.43. The van der Waals surface area contributed by atoms with Gasteiger partial charge in [-0.15, -0.1) is 0 Å². The zero-order valence-corrected chi connectivity index (χ0v) is 15.1. The predicted molar refractivity (Wildman–Crippen MR) is 93.9 cm³/mol. The average Bonchev–Trinajstić information content (AvgIpc) is 2.67. The highest BCUT2D eigenvalue weighted by Crippen LogP contribution is 2.40. The van der Waals surface area contributed by atoms with Crippen molar-refractivity contribution in [2.75, 3.05) is 46.2 Å². The Kier molecular flexibility index (Phi) is 6.25. The molecule has 10 nitrogen and oxygen atoms in total. The van der Waals surface area contributed by atoms with E-state index in [1.165, 1.54) is 41.7 Å². The topological polar surface area (TPSA) is 113 Å². The summed E-state index contributed by atoms with van der Waals surface area (Å²) in [7, 11) is 7.32. The Balaban J connectivity index is 2.20. The number of methoxy groups -OCH3 is 5. The van der Waals surface area contributed by atoms with Gasteiger partial charge in [0.1, 0.15) is 5.69 Å². The quantitative estimate of drug-likeness (QED) is 0.768. The summed E-state index contributed by atoms with van der Waals surface area (Å²) in [5.74, 6) is 1.41. The molecule has 0 bridgehead atoms. The molecule has 2 rings (SSSR count). The molecule has 1 aromatic carbocycles. The lowest BCUT2D eigenvalue weighted by Gasteiger charge is -2.15. The lowest BCUT2D eigenvalue weighted by atomic mass is 10.2. The van der Waals surface area contributed by atoms with Crippen molar-refractivity contribution in [3.63, 3.8) is 0 Å². The average molecular weight is 364 g/mol. The maximum Gasteiger partial charge on any atom is 0.323 e. The van der Waals surface area contributed by atoms with Crippen LogP contribution in [-0.2, 0) is 0 Å². The minimum absolute atomic E-state index is 0.123. The van der Waals surface area contributed by atoms with E-state index in [1.807, 2.05) is 0 Å². The van der Waals surface area contributed by atoms with Crippen molar-refractivity contribution >= 4 is 17.4 Å². The van der Waals surface area contributed by atoms with Crippen molar-refractivity contribution < 1.29 is 28.5 Å². The van der Waals surface area contributed by atoms with E-state index in [0.717, 1.165) is 0 Å². The monoisotopic (exact) mass is 364 g/mol. The van der Waals surface area contributed by atoms with Crippen LogP contribution < -0.4 is 34.3 Å². The van der Waals surface area contributed by atoms with Gasteiger partial charge in [0.05, 0.1) is 47.4 Å². The first-order valence-electron chi connectivity index (χ1n) is 7.39. The number of benzene rings is 1. The van der Waals surface area contributed by atoms with Crippen LogP contribution in [-0.4, -0.2) is 51.5 Å². The second kappa shape index (κ2) is 8.60. The number of anilines is 2. The zero-order chi connectivity index (χ0) is 19.1. The van der Waals surface area contributed by atoms with E-state index in [9.17, 15) is 4.79 Å². The molecule has 0 atom stereocenters. The molecule has 2 N–H and O–H groups in total. The summed E-state index contributed by atoms with van der Waals surface area (Å²) in [6.45, 7) is 0. The van der Waals surface area contributed by atoms with Crippen molar-refractivity contribution in [1.82, 2.24) is 9.97 Å². The Morgan fingerprint density at radius 3 is 2.04 bits per heavy atom. The van der Waals surface area contributed by atoms with Gasteiger partial charge in [-0.25, -0.2) is 9.78 Å². The minimum atomic E-state index is -0.536. The fourth-order valence-corrected chi connectivity index (χ4v) is 2.13. The van der Waals surface area contributed by atoms with Gasteiger partial charge in [-0.2, -0.15) is 4.98 Å². The summed E-state index contributed by atoms with van der Waals surface area (Å²) < 4.78 is 25.8. The molecule has 1 heterocycles. The lowest BCUT2D eigenvalue weighted by Crippen LogP contribution is -2.20. The second-order valence-electron chi connectivity index (χ2n) is 4.77. The van der Waals surface area contributed by atoms with Crippen LogP contribution in [0, 0.1) is 0 Å². The van der Waals surface area contributed by atoms with Crippen molar-refractivity contribution in [1.29, 1.82) is 0 Å². The Labute approximate surface area is 150 Å². The van der Waals surface area contributed by atoms with Crippen LogP contribution in [0.3, 0.4) is 0 Å². The van der Waals surface area contributed by atoms with E-state index < -0.39 is 6.03 Å². The van der Waals surface area contributed by atoms with Gasteiger partial charge in [-0.3, -0.25) is 0 Å². The lowest BCUT2D eigenvalue weighted by molar-refractivity contribution is 0.262. The summed E-state index contributed by atoms with van der Waals surface area (Å²) in [4.78, 5) is 20.2. The van der Waals surface area contributed by atoms with E-state index in [4.69, 9.17) is 23.7 Å². The maximum absolute atomic E-state index is 12.3. The highest BCUT2D eigenvalue weighted by atomic mass is 16.5. The first kappa shape index (κ1) is 18.9. The van der Waals surface area contributed by atoms with Crippen LogP contribution in [0.25, 0.3) is 0 Å². The molecule has 2 aromatic rings. The number of carbonyl (C=O) groups excluding carboxylic acids is 1. The van der Waals surface area contributed by atoms with E-state index >= 15 is 0 Å². The smallest absolute Gasteiger partial charge is 0.323 e. The van der Waals surface area contributed by atoms with Gasteiger partial charge in [-0.05, 0) is 0 Å². The van der Waals surface area contributed by atoms with Gasteiger partial charge in [-0.1, -0.05) is 0 Å². The SMILES string of the molecule is COc1ncc(NC(=O)Nc2cc(OC)c(OC)c(OC)c2)c(OC)n1. The molecule has 0 aliphatic heterocycles. The van der Waals surface area contributed by atoms with E-state index in [2.05, 4.69) is 20.6 Å². The molecule has 0 saturated heterocycles. The van der Waals surface area contributed by atoms with E-state index in [0.29, 0.717) is 22.9 Å². The number of urea groups is 1. The first-order valence-corrected chi connectivity index (χ1v) is 7.39. The van der Waals surface area contributed by atoms with Crippen molar-refractivity contribution in [2.45, 2.75) is 0 Å². The maximum atomic E-state index is 12.3. The summed E-state index contributed by atoms with van der Waals surface area (Å²) in [6.07, 6.45) is 1.37. The van der Waals surface area contributed by atoms with Crippen LogP contribution in [0.1, 0.15) is 0 Å². The third kappa shape index (κ3) is 4.15. The molecule has 0 aliphatic rings. The molecular formula is C16H20N4O6. The Bertz CT molecular complexity index is 758. The fraction of sp³-hybridized carbons (Fsp3) is 0.312. The number of carbonyl (C=O) groups is 1. The molecule has 0 spiro atoms. The van der Waals surface area contributed by atoms with Gasteiger partial charge in [0.25, 0.3) is 0 Å². The van der Waals surface area contributed by atoms with Crippen LogP contribution in [0.5, 0.6) is 29.1 Å². The highest BCUT2D eigenvalue weighted by Gasteiger charge is 2.16. The molecule has 10 heteroatoms. The molecule has 0 saturated carbocycles. The number of amides is 2. The number of nitrogens with zero attached hydrogens (tertiary/aromatic N) is 2. The highest BCUT2D eigenvalue weighted by molar-refractivity contribution is 6.00. The Morgan fingerprint density at radius 2 is 1.54 bits per heavy atom. The minimum Gasteiger partial charge on any atom is -0.493 e. The molecule has 0 radical (unpaired) electrons. The van der Waals surface area contributed by atoms with E-state index in [-0.39, 0.29) is 17.6 Å². The molecular weight excluding hydrogens is 344 g/mol. The van der Waals surface area contributed by atoms with Gasteiger partial charge in [0, 0.05) is 12.1 Å². The number of ether oxygens (including phenoxy) is 5. The molecule has 140 valence electrons. The molecule has 26 heavy (non-hydrogen) atoms. The van der Waals surface area contributed by atoms with E-state index in [1.54, 1.807) is 12.1 Å². The third-order valence-electron chi connectivity index (χ3n) is 3.28. The number of hydrogen-bond donors (Lipinski definition) is 2. The van der Waals surface area contributed by atoms with Gasteiger partial charge >= 0.3 is 12.0 Å². The zero-order valence-electron chi connectivity index (χ0n) is 15.1. The van der Waals surface area contributed by atoms with Crippen LogP contribution >= 0.6 is 0 Å². The molecule has 2 amide bonds. The summed E-state index contributed by atoms with van der Waals surface area (Å²) in [6, 6.07) is 2.79. The van der Waals surface area contributed by atoms with Crippen LogP contribution in [0.4, 0.5) is 16.2 Å². The molecule has 1 aromatic heterocycles.